The van der Waals surface area contributed by atoms with Crippen molar-refractivity contribution in [2.24, 2.45) is 0 Å². The first-order valence-corrected chi connectivity index (χ1v) is 8.52. The molecule has 2 aromatic heterocycles. The molecule has 7 nitrogen and oxygen atoms in total. The maximum Gasteiger partial charge on any atom is 0.241 e. The molecule has 8 heteroatoms. The molecule has 0 spiro atoms. The van der Waals surface area contributed by atoms with E-state index in [0.717, 1.165) is 11.3 Å². The Labute approximate surface area is 165 Å². The maximum atomic E-state index is 13.4. The number of anilines is 3. The number of hydrogen-bond acceptors (Lipinski definition) is 7. The number of nitrogens with zero attached hydrogens (tertiary/aromatic N) is 3. The van der Waals surface area contributed by atoms with Crippen LogP contribution in [0.5, 0.6) is 11.6 Å². The number of nitrogens with one attached hydrogen (secondary N) is 1. The molecule has 0 saturated heterocycles. The maximum absolute atomic E-state index is 13.4. The van der Waals surface area contributed by atoms with E-state index in [-0.39, 0.29) is 22.9 Å². The van der Waals surface area contributed by atoms with E-state index in [9.17, 15) is 9.65 Å². The number of nitrogens with two attached hydrogens (primary N) is 1. The zero-order chi connectivity index (χ0) is 20.2. The average molecular weight is 387 g/mol. The van der Waals surface area contributed by atoms with Gasteiger partial charge in [0.25, 0.3) is 0 Å². The summed E-state index contributed by atoms with van der Waals surface area (Å²) >= 11 is 0. The summed E-state index contributed by atoms with van der Waals surface area (Å²) in [6, 6.07) is 16.4. The number of benzene rings is 2. The van der Waals surface area contributed by atoms with Crippen molar-refractivity contribution in [1.82, 2.24) is 9.97 Å². The first-order chi connectivity index (χ1) is 14.1. The number of rotatable bonds is 5. The Balaban J connectivity index is 1.61. The zero-order valence-electron chi connectivity index (χ0n) is 15.0. The van der Waals surface area contributed by atoms with Crippen LogP contribution in [0.1, 0.15) is 5.56 Å². The van der Waals surface area contributed by atoms with Gasteiger partial charge in [0, 0.05) is 23.4 Å². The SMILES string of the molecule is N#Cc1c(N)cc(Nc2ccc(-c3cnco3)cc2)nc1Oc1cccc(F)c1. The minimum absolute atomic E-state index is 0.0149. The van der Waals surface area contributed by atoms with Gasteiger partial charge < -0.3 is 20.2 Å². The van der Waals surface area contributed by atoms with Crippen LogP contribution in [0, 0.1) is 17.1 Å². The highest BCUT2D eigenvalue weighted by atomic mass is 19.1. The summed E-state index contributed by atoms with van der Waals surface area (Å²) < 4.78 is 24.3. The zero-order valence-corrected chi connectivity index (χ0v) is 15.0. The highest BCUT2D eigenvalue weighted by Crippen LogP contribution is 2.31. The summed E-state index contributed by atoms with van der Waals surface area (Å²) in [5.74, 6) is 0.763. The molecule has 4 aromatic rings. The van der Waals surface area contributed by atoms with Crippen molar-refractivity contribution in [2.75, 3.05) is 11.1 Å². The van der Waals surface area contributed by atoms with Gasteiger partial charge in [0.2, 0.25) is 5.88 Å². The molecule has 4 rings (SSSR count). The summed E-state index contributed by atoms with van der Waals surface area (Å²) in [5.41, 5.74) is 7.85. The standard InChI is InChI=1S/C21H14FN5O2/c22-14-2-1-3-16(8-14)29-21-17(10-23)18(24)9-20(27-21)26-15-6-4-13(5-7-15)19-11-25-12-28-19/h1-9,11-12H,(H3,24,26,27). The van der Waals surface area contributed by atoms with Gasteiger partial charge in [0.05, 0.1) is 11.9 Å². The quantitative estimate of drug-likeness (QED) is 0.503. The Bertz CT molecular complexity index is 1180. The topological polar surface area (TPSA) is 110 Å². The summed E-state index contributed by atoms with van der Waals surface area (Å²) in [7, 11) is 0. The van der Waals surface area contributed by atoms with Gasteiger partial charge in [-0.25, -0.2) is 9.37 Å². The fourth-order valence-electron chi connectivity index (χ4n) is 2.66. The summed E-state index contributed by atoms with van der Waals surface area (Å²) in [4.78, 5) is 8.20. The molecular formula is C21H14FN5O2. The highest BCUT2D eigenvalue weighted by molar-refractivity contribution is 5.69. The van der Waals surface area contributed by atoms with E-state index in [2.05, 4.69) is 15.3 Å². The summed E-state index contributed by atoms with van der Waals surface area (Å²) in [6.07, 6.45) is 2.99. The number of nitrogen functional groups attached to an aromatic ring is 1. The smallest absolute Gasteiger partial charge is 0.241 e. The predicted octanol–water partition coefficient (Wildman–Crippen LogP) is 4.87. The molecular weight excluding hydrogens is 373 g/mol. The molecule has 2 aromatic carbocycles. The molecule has 0 aliphatic rings. The molecule has 0 aliphatic heterocycles. The lowest BCUT2D eigenvalue weighted by Gasteiger charge is -2.12. The van der Waals surface area contributed by atoms with Gasteiger partial charge in [-0.1, -0.05) is 6.07 Å². The van der Waals surface area contributed by atoms with Crippen LogP contribution in [0.15, 0.2) is 71.6 Å². The van der Waals surface area contributed by atoms with E-state index in [1.165, 1.54) is 30.7 Å². The second kappa shape index (κ2) is 7.70. The first-order valence-electron chi connectivity index (χ1n) is 8.52. The lowest BCUT2D eigenvalue weighted by atomic mass is 10.1. The first kappa shape index (κ1) is 18.0. The van der Waals surface area contributed by atoms with Crippen molar-refractivity contribution in [3.05, 3.63) is 78.6 Å². The van der Waals surface area contributed by atoms with Crippen molar-refractivity contribution in [1.29, 1.82) is 5.26 Å². The number of aromatic nitrogens is 2. The van der Waals surface area contributed by atoms with Crippen LogP contribution in [0.2, 0.25) is 0 Å². The molecule has 0 fully saturated rings. The second-order valence-electron chi connectivity index (χ2n) is 6.02. The highest BCUT2D eigenvalue weighted by Gasteiger charge is 2.14. The fourth-order valence-corrected chi connectivity index (χ4v) is 2.66. The Morgan fingerprint density at radius 2 is 1.97 bits per heavy atom. The van der Waals surface area contributed by atoms with Crippen LogP contribution >= 0.6 is 0 Å². The molecule has 0 amide bonds. The van der Waals surface area contributed by atoms with Crippen molar-refractivity contribution >= 4 is 17.2 Å². The minimum Gasteiger partial charge on any atom is -0.444 e. The Hall–Kier alpha value is -4.38. The van der Waals surface area contributed by atoms with Gasteiger partial charge in [-0.2, -0.15) is 10.2 Å². The van der Waals surface area contributed by atoms with Crippen molar-refractivity contribution in [2.45, 2.75) is 0 Å². The van der Waals surface area contributed by atoms with Crippen molar-refractivity contribution in [3.63, 3.8) is 0 Å². The molecule has 0 saturated carbocycles. The third-order valence-corrected chi connectivity index (χ3v) is 4.01. The Morgan fingerprint density at radius 1 is 1.14 bits per heavy atom. The Morgan fingerprint density at radius 3 is 2.66 bits per heavy atom. The van der Waals surface area contributed by atoms with Crippen LogP contribution in [-0.4, -0.2) is 9.97 Å². The van der Waals surface area contributed by atoms with Gasteiger partial charge in [0.15, 0.2) is 12.2 Å². The summed E-state index contributed by atoms with van der Waals surface area (Å²) in [5, 5.41) is 12.5. The normalized spacial score (nSPS) is 10.3. The van der Waals surface area contributed by atoms with Crippen LogP contribution in [-0.2, 0) is 0 Å². The van der Waals surface area contributed by atoms with Crippen LogP contribution in [0.25, 0.3) is 11.3 Å². The number of ether oxygens (including phenoxy) is 1. The number of halogens is 1. The molecule has 0 bridgehead atoms. The van der Waals surface area contributed by atoms with Crippen molar-refractivity contribution < 1.29 is 13.5 Å². The molecule has 0 atom stereocenters. The van der Waals surface area contributed by atoms with E-state index >= 15 is 0 Å². The second-order valence-corrected chi connectivity index (χ2v) is 6.02. The molecule has 29 heavy (non-hydrogen) atoms. The van der Waals surface area contributed by atoms with Crippen LogP contribution in [0.4, 0.5) is 21.6 Å². The molecule has 2 heterocycles. The molecule has 0 radical (unpaired) electrons. The lowest BCUT2D eigenvalue weighted by Crippen LogP contribution is -2.02. The largest absolute Gasteiger partial charge is 0.444 e. The average Bonchev–Trinajstić information content (AvgIpc) is 3.23. The fraction of sp³-hybridized carbons (Fsp3) is 0. The van der Waals surface area contributed by atoms with Crippen LogP contribution < -0.4 is 15.8 Å². The van der Waals surface area contributed by atoms with E-state index < -0.39 is 5.82 Å². The molecule has 3 N–H and O–H groups in total. The number of hydrogen-bond donors (Lipinski definition) is 2. The van der Waals surface area contributed by atoms with E-state index in [1.807, 2.05) is 30.3 Å². The van der Waals surface area contributed by atoms with E-state index in [4.69, 9.17) is 14.9 Å². The Kier molecular flexibility index (Phi) is 4.78. The predicted molar refractivity (Wildman–Crippen MR) is 105 cm³/mol. The van der Waals surface area contributed by atoms with Gasteiger partial charge in [-0.3, -0.25) is 0 Å². The van der Waals surface area contributed by atoms with Gasteiger partial charge in [0.1, 0.15) is 29.0 Å². The lowest BCUT2D eigenvalue weighted by molar-refractivity contribution is 0.457. The van der Waals surface area contributed by atoms with E-state index in [0.29, 0.717) is 11.6 Å². The van der Waals surface area contributed by atoms with E-state index in [1.54, 1.807) is 12.3 Å². The van der Waals surface area contributed by atoms with Gasteiger partial charge in [-0.05, 0) is 36.4 Å². The number of pyridine rings is 1. The number of oxazole rings is 1. The minimum atomic E-state index is -0.463. The summed E-state index contributed by atoms with van der Waals surface area (Å²) in [6.45, 7) is 0. The van der Waals surface area contributed by atoms with Gasteiger partial charge >= 0.3 is 0 Å². The van der Waals surface area contributed by atoms with Crippen LogP contribution in [0.3, 0.4) is 0 Å². The third kappa shape index (κ3) is 3.99. The molecule has 142 valence electrons. The number of nitriles is 1. The van der Waals surface area contributed by atoms with Crippen molar-refractivity contribution in [3.8, 4) is 29.0 Å². The molecule has 0 unspecified atom stereocenters. The third-order valence-electron chi connectivity index (χ3n) is 4.01. The monoisotopic (exact) mass is 387 g/mol. The van der Waals surface area contributed by atoms with Gasteiger partial charge in [-0.15, -0.1) is 0 Å². The molecule has 0 aliphatic carbocycles.